The van der Waals surface area contributed by atoms with Gasteiger partial charge in [-0.25, -0.2) is 4.79 Å². The summed E-state index contributed by atoms with van der Waals surface area (Å²) in [7, 11) is 1.33. The number of amides is 1. The molecule has 1 atom stereocenters. The van der Waals surface area contributed by atoms with Crippen LogP contribution >= 0.6 is 0 Å². The van der Waals surface area contributed by atoms with E-state index < -0.39 is 5.97 Å². The summed E-state index contributed by atoms with van der Waals surface area (Å²) < 4.78 is 10.1. The first kappa shape index (κ1) is 10.7. The van der Waals surface area contributed by atoms with Gasteiger partial charge in [0.2, 0.25) is 5.91 Å². The van der Waals surface area contributed by atoms with Gasteiger partial charge in [0.1, 0.15) is 17.1 Å². The fourth-order valence-corrected chi connectivity index (χ4v) is 1.83. The number of hydrogen-bond donors (Lipinski definition) is 1. The molecule has 0 radical (unpaired) electrons. The maximum atomic E-state index is 11.4. The van der Waals surface area contributed by atoms with E-state index in [0.29, 0.717) is 30.0 Å². The maximum Gasteiger partial charge on any atom is 0.341 e. The minimum atomic E-state index is -0.412. The van der Waals surface area contributed by atoms with E-state index in [4.69, 9.17) is 4.42 Å². The van der Waals surface area contributed by atoms with Gasteiger partial charge in [-0.3, -0.25) is 4.79 Å². The first-order valence-electron chi connectivity index (χ1n) is 5.07. The molecule has 1 aliphatic heterocycles. The minimum Gasteiger partial charge on any atom is -0.465 e. The molecular weight excluding hydrogens is 210 g/mol. The van der Waals surface area contributed by atoms with Crippen LogP contribution in [0.3, 0.4) is 0 Å². The summed E-state index contributed by atoms with van der Waals surface area (Å²) in [5.41, 5.74) is 0.428. The average Bonchev–Trinajstić information content (AvgIpc) is 2.83. The highest BCUT2D eigenvalue weighted by molar-refractivity contribution is 5.90. The van der Waals surface area contributed by atoms with E-state index in [-0.39, 0.29) is 11.8 Å². The first-order valence-corrected chi connectivity index (χ1v) is 5.07. The highest BCUT2D eigenvalue weighted by atomic mass is 16.5. The lowest BCUT2D eigenvalue weighted by Gasteiger charge is -2.00. The zero-order chi connectivity index (χ0) is 11.7. The van der Waals surface area contributed by atoms with E-state index >= 15 is 0 Å². The average molecular weight is 223 g/mol. The Kier molecular flexibility index (Phi) is 2.68. The van der Waals surface area contributed by atoms with Crippen LogP contribution in [-0.2, 0) is 9.53 Å². The third-order valence-corrected chi connectivity index (χ3v) is 2.72. The molecule has 0 bridgehead atoms. The van der Waals surface area contributed by atoms with Gasteiger partial charge in [0, 0.05) is 18.9 Å². The molecule has 0 aromatic carbocycles. The van der Waals surface area contributed by atoms with Gasteiger partial charge in [-0.1, -0.05) is 0 Å². The van der Waals surface area contributed by atoms with E-state index in [1.165, 1.54) is 7.11 Å². The van der Waals surface area contributed by atoms with E-state index in [0.717, 1.165) is 0 Å². The van der Waals surface area contributed by atoms with Gasteiger partial charge in [0.05, 0.1) is 7.11 Å². The summed E-state index contributed by atoms with van der Waals surface area (Å²) in [6.07, 6.45) is 0.410. The predicted molar refractivity (Wildman–Crippen MR) is 55.2 cm³/mol. The van der Waals surface area contributed by atoms with E-state index in [9.17, 15) is 9.59 Å². The summed E-state index contributed by atoms with van der Waals surface area (Å²) >= 11 is 0. The molecule has 5 heteroatoms. The van der Waals surface area contributed by atoms with E-state index in [1.54, 1.807) is 13.0 Å². The van der Waals surface area contributed by atoms with Crippen LogP contribution in [-0.4, -0.2) is 25.5 Å². The number of carbonyl (C=O) groups excluding carboxylic acids is 2. The Morgan fingerprint density at radius 3 is 2.94 bits per heavy atom. The van der Waals surface area contributed by atoms with Gasteiger partial charge in [-0.15, -0.1) is 0 Å². The van der Waals surface area contributed by atoms with Crippen LogP contribution in [0, 0.1) is 6.92 Å². The number of esters is 1. The van der Waals surface area contributed by atoms with Crippen molar-refractivity contribution in [2.24, 2.45) is 0 Å². The normalized spacial score (nSPS) is 19.6. The third-order valence-electron chi connectivity index (χ3n) is 2.72. The molecule has 5 nitrogen and oxygen atoms in total. The molecule has 0 saturated carbocycles. The zero-order valence-electron chi connectivity index (χ0n) is 9.20. The van der Waals surface area contributed by atoms with Gasteiger partial charge >= 0.3 is 5.97 Å². The molecule has 1 amide bonds. The summed E-state index contributed by atoms with van der Waals surface area (Å²) in [6, 6.07) is 1.66. The fourth-order valence-electron chi connectivity index (χ4n) is 1.83. The largest absolute Gasteiger partial charge is 0.465 e. The SMILES string of the molecule is COC(=O)c1cc(C2CNC(=O)C2)oc1C. The van der Waals surface area contributed by atoms with Crippen molar-refractivity contribution in [1.29, 1.82) is 0 Å². The lowest BCUT2D eigenvalue weighted by Crippen LogP contribution is -2.13. The summed E-state index contributed by atoms with van der Waals surface area (Å²) in [4.78, 5) is 22.4. The van der Waals surface area contributed by atoms with Gasteiger partial charge in [0.25, 0.3) is 0 Å². The first-order chi connectivity index (χ1) is 7.61. The molecule has 0 spiro atoms. The quantitative estimate of drug-likeness (QED) is 0.759. The molecule has 86 valence electrons. The van der Waals surface area contributed by atoms with Crippen LogP contribution < -0.4 is 5.32 Å². The van der Waals surface area contributed by atoms with Crippen LogP contribution in [0.1, 0.15) is 34.2 Å². The van der Waals surface area contributed by atoms with E-state index in [2.05, 4.69) is 10.1 Å². The third kappa shape index (κ3) is 1.80. The molecule has 1 fully saturated rings. The van der Waals surface area contributed by atoms with Gasteiger partial charge in [-0.2, -0.15) is 0 Å². The number of hydrogen-bond acceptors (Lipinski definition) is 4. The van der Waals surface area contributed by atoms with Crippen molar-refractivity contribution in [2.75, 3.05) is 13.7 Å². The summed E-state index contributed by atoms with van der Waals surface area (Å²) in [5.74, 6) is 0.811. The van der Waals surface area contributed by atoms with Crippen LogP contribution in [0.5, 0.6) is 0 Å². The van der Waals surface area contributed by atoms with Crippen molar-refractivity contribution in [2.45, 2.75) is 19.3 Å². The number of methoxy groups -OCH3 is 1. The van der Waals surface area contributed by atoms with Crippen molar-refractivity contribution < 1.29 is 18.7 Å². The second-order valence-corrected chi connectivity index (χ2v) is 3.82. The predicted octanol–water partition coefficient (Wildman–Crippen LogP) is 0.978. The lowest BCUT2D eigenvalue weighted by molar-refractivity contribution is -0.119. The monoisotopic (exact) mass is 223 g/mol. The number of ether oxygens (including phenoxy) is 1. The maximum absolute atomic E-state index is 11.4. The van der Waals surface area contributed by atoms with Crippen molar-refractivity contribution >= 4 is 11.9 Å². The van der Waals surface area contributed by atoms with Crippen molar-refractivity contribution in [1.82, 2.24) is 5.32 Å². The Bertz CT molecular complexity index is 435. The standard InChI is InChI=1S/C11H13NO4/c1-6-8(11(14)15-2)4-9(16-6)7-3-10(13)12-5-7/h4,7H,3,5H2,1-2H3,(H,12,13). The van der Waals surface area contributed by atoms with Crippen LogP contribution in [0.4, 0.5) is 0 Å². The molecule has 16 heavy (non-hydrogen) atoms. The Hall–Kier alpha value is -1.78. The fraction of sp³-hybridized carbons (Fsp3) is 0.455. The Morgan fingerprint density at radius 2 is 2.38 bits per heavy atom. The number of furan rings is 1. The molecule has 1 aromatic rings. The minimum absolute atomic E-state index is 0.0127. The lowest BCUT2D eigenvalue weighted by atomic mass is 10.1. The van der Waals surface area contributed by atoms with Gasteiger partial charge in [-0.05, 0) is 13.0 Å². The van der Waals surface area contributed by atoms with Crippen molar-refractivity contribution in [3.05, 3.63) is 23.2 Å². The molecule has 0 aliphatic carbocycles. The number of carbonyl (C=O) groups is 2. The molecule has 2 rings (SSSR count). The second kappa shape index (κ2) is 4.00. The highest BCUT2D eigenvalue weighted by Crippen LogP contribution is 2.27. The van der Waals surface area contributed by atoms with E-state index in [1.807, 2.05) is 0 Å². The molecular formula is C11H13NO4. The number of rotatable bonds is 2. The molecule has 1 aromatic heterocycles. The topological polar surface area (TPSA) is 68.5 Å². The van der Waals surface area contributed by atoms with Crippen LogP contribution in [0.2, 0.25) is 0 Å². The molecule has 1 aliphatic rings. The van der Waals surface area contributed by atoms with Crippen molar-refractivity contribution in [3.8, 4) is 0 Å². The second-order valence-electron chi connectivity index (χ2n) is 3.82. The Labute approximate surface area is 92.8 Å². The van der Waals surface area contributed by atoms with Gasteiger partial charge < -0.3 is 14.5 Å². The van der Waals surface area contributed by atoms with Gasteiger partial charge in [0.15, 0.2) is 0 Å². The smallest absolute Gasteiger partial charge is 0.341 e. The van der Waals surface area contributed by atoms with Crippen LogP contribution in [0.25, 0.3) is 0 Å². The Balaban J connectivity index is 2.24. The van der Waals surface area contributed by atoms with Crippen molar-refractivity contribution in [3.63, 3.8) is 0 Å². The number of nitrogens with one attached hydrogen (secondary N) is 1. The summed E-state index contributed by atoms with van der Waals surface area (Å²) in [6.45, 7) is 2.27. The number of aryl methyl sites for hydroxylation is 1. The molecule has 1 N–H and O–H groups in total. The summed E-state index contributed by atoms with van der Waals surface area (Å²) in [5, 5.41) is 2.72. The molecule has 2 heterocycles. The highest BCUT2D eigenvalue weighted by Gasteiger charge is 2.27. The zero-order valence-corrected chi connectivity index (χ0v) is 9.20. The Morgan fingerprint density at radius 1 is 1.62 bits per heavy atom. The van der Waals surface area contributed by atoms with Crippen LogP contribution in [0.15, 0.2) is 10.5 Å². The molecule has 1 saturated heterocycles. The molecule has 1 unspecified atom stereocenters.